The smallest absolute Gasteiger partial charge is 0.244 e. The second kappa shape index (κ2) is 9.80. The van der Waals surface area contributed by atoms with Gasteiger partial charge in [0.2, 0.25) is 15.9 Å². The molecule has 2 rings (SSSR count). The maximum atomic E-state index is 13.9. The minimum absolute atomic E-state index is 0.132. The van der Waals surface area contributed by atoms with Gasteiger partial charge in [0.25, 0.3) is 0 Å². The van der Waals surface area contributed by atoms with E-state index in [2.05, 4.69) is 10.0 Å². The molecule has 1 amide bonds. The van der Waals surface area contributed by atoms with Crippen molar-refractivity contribution >= 4 is 15.9 Å². The number of nitrogens with one attached hydrogen (secondary N) is 2. The van der Waals surface area contributed by atoms with E-state index in [-0.39, 0.29) is 12.0 Å². The molecule has 2 aromatic carbocycles. The third-order valence-electron chi connectivity index (χ3n) is 4.45. The highest BCUT2D eigenvalue weighted by atomic mass is 32.2. The predicted molar refractivity (Wildman–Crippen MR) is 108 cm³/mol. The van der Waals surface area contributed by atoms with E-state index in [1.54, 1.807) is 13.8 Å². The molecule has 0 aliphatic carbocycles. The van der Waals surface area contributed by atoms with Gasteiger partial charge in [-0.25, -0.2) is 12.8 Å². The van der Waals surface area contributed by atoms with Crippen LogP contribution in [0.15, 0.2) is 59.5 Å². The van der Waals surface area contributed by atoms with E-state index in [9.17, 15) is 17.6 Å². The fraction of sp³-hybridized carbons (Fsp3) is 0.381. The fourth-order valence-corrected chi connectivity index (χ4v) is 4.24. The molecule has 2 atom stereocenters. The highest BCUT2D eigenvalue weighted by molar-refractivity contribution is 7.89. The summed E-state index contributed by atoms with van der Waals surface area (Å²) in [5, 5.41) is 2.86. The molecule has 2 aromatic rings. The summed E-state index contributed by atoms with van der Waals surface area (Å²) in [5.74, 6) is -1.58. The van der Waals surface area contributed by atoms with E-state index in [4.69, 9.17) is 0 Å². The molecule has 0 spiro atoms. The van der Waals surface area contributed by atoms with E-state index >= 15 is 0 Å². The average Bonchev–Trinajstić information content (AvgIpc) is 2.65. The molecule has 0 aliphatic heterocycles. The Labute approximate surface area is 166 Å². The number of carbonyl (C=O) groups is 1. The zero-order valence-electron chi connectivity index (χ0n) is 16.4. The summed E-state index contributed by atoms with van der Waals surface area (Å²) in [7, 11) is -4.16. The van der Waals surface area contributed by atoms with Gasteiger partial charge in [0, 0.05) is 6.04 Å². The van der Waals surface area contributed by atoms with Gasteiger partial charge in [-0.2, -0.15) is 4.72 Å². The maximum absolute atomic E-state index is 13.9. The molecule has 0 aromatic heterocycles. The molecular formula is C21H27FN2O3S. The molecular weight excluding hydrogens is 379 g/mol. The molecule has 5 nitrogen and oxygen atoms in total. The largest absolute Gasteiger partial charge is 0.352 e. The van der Waals surface area contributed by atoms with Gasteiger partial charge >= 0.3 is 0 Å². The van der Waals surface area contributed by atoms with Crippen LogP contribution in [0.4, 0.5) is 4.39 Å². The third-order valence-corrected chi connectivity index (χ3v) is 5.93. The fourth-order valence-electron chi connectivity index (χ4n) is 2.82. The van der Waals surface area contributed by atoms with Crippen molar-refractivity contribution in [3.8, 4) is 0 Å². The summed E-state index contributed by atoms with van der Waals surface area (Å²) < 4.78 is 41.3. The van der Waals surface area contributed by atoms with E-state index in [1.165, 1.54) is 23.8 Å². The molecule has 2 N–H and O–H groups in total. The number of aryl methyl sites for hydroxylation is 1. The quantitative estimate of drug-likeness (QED) is 0.671. The van der Waals surface area contributed by atoms with Gasteiger partial charge < -0.3 is 5.32 Å². The second-order valence-corrected chi connectivity index (χ2v) is 8.89. The summed E-state index contributed by atoms with van der Waals surface area (Å²) in [6.45, 7) is 5.36. The van der Waals surface area contributed by atoms with Crippen LogP contribution >= 0.6 is 0 Å². The Morgan fingerprint density at radius 2 is 1.61 bits per heavy atom. The lowest BCUT2D eigenvalue weighted by molar-refractivity contribution is -0.124. The van der Waals surface area contributed by atoms with Gasteiger partial charge in [-0.1, -0.05) is 56.3 Å². The van der Waals surface area contributed by atoms with Crippen LogP contribution in [-0.4, -0.2) is 26.4 Å². The van der Waals surface area contributed by atoms with Gasteiger partial charge in [-0.3, -0.25) is 4.79 Å². The van der Waals surface area contributed by atoms with Crippen molar-refractivity contribution in [3.05, 3.63) is 66.0 Å². The number of amides is 1. The van der Waals surface area contributed by atoms with Crippen LogP contribution in [0.1, 0.15) is 32.8 Å². The zero-order valence-corrected chi connectivity index (χ0v) is 17.2. The Morgan fingerprint density at radius 1 is 1.00 bits per heavy atom. The topological polar surface area (TPSA) is 75.3 Å². The van der Waals surface area contributed by atoms with Gasteiger partial charge in [-0.15, -0.1) is 0 Å². The summed E-state index contributed by atoms with van der Waals surface area (Å²) in [4.78, 5) is 12.2. The number of carbonyl (C=O) groups excluding carboxylic acids is 1. The lowest BCUT2D eigenvalue weighted by Crippen LogP contribution is -2.51. The first-order chi connectivity index (χ1) is 13.2. The molecule has 28 heavy (non-hydrogen) atoms. The third kappa shape index (κ3) is 6.14. The Kier molecular flexibility index (Phi) is 7.71. The SMILES string of the molecule is CC(CCc1ccccc1)NC(=O)C(NS(=O)(=O)c1ccccc1F)C(C)C. The number of rotatable bonds is 9. The molecule has 0 heterocycles. The van der Waals surface area contributed by atoms with Gasteiger partial charge in [0.1, 0.15) is 16.8 Å². The molecule has 0 bridgehead atoms. The molecule has 0 saturated heterocycles. The molecule has 2 unspecified atom stereocenters. The van der Waals surface area contributed by atoms with Crippen molar-refractivity contribution in [2.75, 3.05) is 0 Å². The predicted octanol–water partition coefficient (Wildman–Crippen LogP) is 3.27. The van der Waals surface area contributed by atoms with Crippen molar-refractivity contribution < 1.29 is 17.6 Å². The number of halogens is 1. The van der Waals surface area contributed by atoms with Crippen LogP contribution < -0.4 is 10.0 Å². The second-order valence-electron chi connectivity index (χ2n) is 7.21. The summed E-state index contributed by atoms with van der Waals surface area (Å²) in [6, 6.07) is 13.9. The Morgan fingerprint density at radius 3 is 2.21 bits per heavy atom. The van der Waals surface area contributed by atoms with Gasteiger partial charge in [0.05, 0.1) is 0 Å². The normalized spacial score (nSPS) is 13.9. The first kappa shape index (κ1) is 22.0. The average molecular weight is 407 g/mol. The number of benzene rings is 2. The number of hydrogen-bond donors (Lipinski definition) is 2. The summed E-state index contributed by atoms with van der Waals surface area (Å²) >= 11 is 0. The van der Waals surface area contributed by atoms with Gasteiger partial charge in [0.15, 0.2) is 0 Å². The van der Waals surface area contributed by atoms with E-state index < -0.39 is 32.7 Å². The van der Waals surface area contributed by atoms with Gasteiger partial charge in [-0.05, 0) is 43.4 Å². The van der Waals surface area contributed by atoms with Crippen molar-refractivity contribution in [2.24, 2.45) is 5.92 Å². The first-order valence-electron chi connectivity index (χ1n) is 9.32. The lowest BCUT2D eigenvalue weighted by atomic mass is 10.0. The minimum Gasteiger partial charge on any atom is -0.352 e. The van der Waals surface area contributed by atoms with Crippen LogP contribution in [0, 0.1) is 11.7 Å². The van der Waals surface area contributed by atoms with Crippen molar-refractivity contribution in [2.45, 2.75) is 50.6 Å². The first-order valence-corrected chi connectivity index (χ1v) is 10.8. The Hall–Kier alpha value is -2.25. The van der Waals surface area contributed by atoms with Crippen LogP contribution in [0.5, 0.6) is 0 Å². The minimum atomic E-state index is -4.16. The van der Waals surface area contributed by atoms with Crippen molar-refractivity contribution in [1.29, 1.82) is 0 Å². The Bertz CT molecular complexity index is 886. The van der Waals surface area contributed by atoms with E-state index in [0.29, 0.717) is 0 Å². The molecule has 0 aliphatic rings. The summed E-state index contributed by atoms with van der Waals surface area (Å²) in [5.41, 5.74) is 1.17. The van der Waals surface area contributed by atoms with Crippen LogP contribution in [0.2, 0.25) is 0 Å². The summed E-state index contributed by atoms with van der Waals surface area (Å²) in [6.07, 6.45) is 1.52. The molecule has 0 fully saturated rings. The monoisotopic (exact) mass is 406 g/mol. The molecule has 7 heteroatoms. The molecule has 0 radical (unpaired) electrons. The van der Waals surface area contributed by atoms with Crippen molar-refractivity contribution in [1.82, 2.24) is 10.0 Å². The Balaban J connectivity index is 2.02. The van der Waals surface area contributed by atoms with Crippen molar-refractivity contribution in [3.63, 3.8) is 0 Å². The number of hydrogen-bond acceptors (Lipinski definition) is 3. The van der Waals surface area contributed by atoms with Crippen LogP contribution in [0.25, 0.3) is 0 Å². The van der Waals surface area contributed by atoms with E-state index in [1.807, 2.05) is 37.3 Å². The van der Waals surface area contributed by atoms with E-state index in [0.717, 1.165) is 18.9 Å². The molecule has 152 valence electrons. The van der Waals surface area contributed by atoms with Crippen LogP contribution in [-0.2, 0) is 21.2 Å². The highest BCUT2D eigenvalue weighted by Gasteiger charge is 2.30. The zero-order chi connectivity index (χ0) is 20.7. The lowest BCUT2D eigenvalue weighted by Gasteiger charge is -2.24. The standard InChI is InChI=1S/C21H27FN2O3S/c1-15(2)20(24-28(26,27)19-12-8-7-11-18(19)22)21(25)23-16(3)13-14-17-9-5-4-6-10-17/h4-12,15-16,20,24H,13-14H2,1-3H3,(H,23,25). The number of sulfonamides is 1. The maximum Gasteiger partial charge on any atom is 0.244 e. The highest BCUT2D eigenvalue weighted by Crippen LogP contribution is 2.16. The van der Waals surface area contributed by atoms with Crippen LogP contribution in [0.3, 0.4) is 0 Å². The molecule has 0 saturated carbocycles.